The van der Waals surface area contributed by atoms with Crippen LogP contribution in [0.5, 0.6) is 5.75 Å². The molecule has 0 saturated carbocycles. The number of nitrogens with zero attached hydrogens (tertiary/aromatic N) is 1. The lowest BCUT2D eigenvalue weighted by Gasteiger charge is -2.09. The minimum absolute atomic E-state index is 0.0750. The van der Waals surface area contributed by atoms with Crippen molar-refractivity contribution in [2.75, 3.05) is 19.8 Å². The molecule has 1 heterocycles. The second-order valence-electron chi connectivity index (χ2n) is 3.81. The lowest BCUT2D eigenvalue weighted by molar-refractivity contribution is 0.0535. The molecule has 0 aromatic carbocycles. The van der Waals surface area contributed by atoms with Gasteiger partial charge in [-0.2, -0.15) is 0 Å². The quantitative estimate of drug-likeness (QED) is 0.570. The zero-order valence-electron chi connectivity index (χ0n) is 10.1. The predicted molar refractivity (Wildman–Crippen MR) is 64.8 cm³/mol. The van der Waals surface area contributed by atoms with Gasteiger partial charge in [-0.1, -0.05) is 6.92 Å². The third-order valence-corrected chi connectivity index (χ3v) is 2.18. The van der Waals surface area contributed by atoms with E-state index >= 15 is 0 Å². The molecule has 5 nitrogen and oxygen atoms in total. The second-order valence-corrected chi connectivity index (χ2v) is 3.81. The Morgan fingerprint density at radius 2 is 2.29 bits per heavy atom. The van der Waals surface area contributed by atoms with Crippen LogP contribution in [0.25, 0.3) is 0 Å². The Morgan fingerprint density at radius 3 is 2.88 bits per heavy atom. The fraction of sp³-hybridized carbons (Fsp3) is 0.583. The van der Waals surface area contributed by atoms with Crippen molar-refractivity contribution in [1.29, 1.82) is 0 Å². The number of aliphatic hydroxyl groups excluding tert-OH is 2. The van der Waals surface area contributed by atoms with E-state index in [-0.39, 0.29) is 13.2 Å². The molecule has 1 atom stereocenters. The molecule has 17 heavy (non-hydrogen) atoms. The molecular weight excluding hydrogens is 220 g/mol. The Morgan fingerprint density at radius 1 is 1.47 bits per heavy atom. The van der Waals surface area contributed by atoms with Gasteiger partial charge in [0.2, 0.25) is 0 Å². The van der Waals surface area contributed by atoms with Crippen molar-refractivity contribution >= 4 is 0 Å². The van der Waals surface area contributed by atoms with Crippen LogP contribution in [0.2, 0.25) is 0 Å². The number of rotatable bonds is 8. The molecule has 0 bridgehead atoms. The second kappa shape index (κ2) is 8.00. The van der Waals surface area contributed by atoms with Gasteiger partial charge in [0.05, 0.1) is 18.5 Å². The van der Waals surface area contributed by atoms with Crippen molar-refractivity contribution in [3.8, 4) is 5.75 Å². The summed E-state index contributed by atoms with van der Waals surface area (Å²) >= 11 is 0. The van der Waals surface area contributed by atoms with Crippen LogP contribution in [0, 0.1) is 0 Å². The lowest BCUT2D eigenvalue weighted by Crippen LogP contribution is -2.21. The number of hydrogen-bond donors (Lipinski definition) is 3. The van der Waals surface area contributed by atoms with E-state index in [4.69, 9.17) is 14.9 Å². The van der Waals surface area contributed by atoms with Gasteiger partial charge < -0.3 is 20.3 Å². The molecule has 1 aromatic rings. The van der Waals surface area contributed by atoms with Gasteiger partial charge in [-0.3, -0.25) is 4.98 Å². The van der Waals surface area contributed by atoms with Gasteiger partial charge in [-0.25, -0.2) is 0 Å². The van der Waals surface area contributed by atoms with Gasteiger partial charge in [0, 0.05) is 6.54 Å². The summed E-state index contributed by atoms with van der Waals surface area (Å²) in [6.45, 7) is 3.61. The number of aromatic nitrogens is 1. The molecule has 0 fully saturated rings. The van der Waals surface area contributed by atoms with Crippen molar-refractivity contribution in [2.45, 2.75) is 26.0 Å². The Hall–Kier alpha value is -1.17. The zero-order chi connectivity index (χ0) is 12.5. The van der Waals surface area contributed by atoms with E-state index in [1.165, 1.54) is 0 Å². The van der Waals surface area contributed by atoms with Gasteiger partial charge in [-0.05, 0) is 25.1 Å². The van der Waals surface area contributed by atoms with E-state index in [9.17, 15) is 0 Å². The summed E-state index contributed by atoms with van der Waals surface area (Å²) in [5.41, 5.74) is 0.952. The summed E-state index contributed by atoms with van der Waals surface area (Å²) in [5, 5.41) is 21.0. The third-order valence-electron chi connectivity index (χ3n) is 2.18. The van der Waals surface area contributed by atoms with Crippen LogP contribution in [0.15, 0.2) is 18.3 Å². The normalized spacial score (nSPS) is 12.4. The minimum atomic E-state index is -0.846. The molecule has 0 radical (unpaired) electrons. The maximum Gasteiger partial charge on any atom is 0.137 e. The fourth-order valence-electron chi connectivity index (χ4n) is 1.24. The van der Waals surface area contributed by atoms with E-state index < -0.39 is 6.10 Å². The summed E-state index contributed by atoms with van der Waals surface area (Å²) in [4.78, 5) is 4.22. The molecule has 3 N–H and O–H groups in total. The van der Waals surface area contributed by atoms with Gasteiger partial charge in [0.1, 0.15) is 18.5 Å². The molecular formula is C12H20N2O3. The average molecular weight is 240 g/mol. The van der Waals surface area contributed by atoms with Gasteiger partial charge in [-0.15, -0.1) is 0 Å². The highest BCUT2D eigenvalue weighted by atomic mass is 16.5. The van der Waals surface area contributed by atoms with E-state index in [0.717, 1.165) is 25.2 Å². The van der Waals surface area contributed by atoms with Crippen LogP contribution in [0.3, 0.4) is 0 Å². The summed E-state index contributed by atoms with van der Waals surface area (Å²) < 4.78 is 5.25. The Balaban J connectivity index is 2.34. The first-order valence-corrected chi connectivity index (χ1v) is 5.83. The molecule has 0 spiro atoms. The number of ether oxygens (including phenoxy) is 1. The first kappa shape index (κ1) is 13.9. The van der Waals surface area contributed by atoms with Gasteiger partial charge in [0.25, 0.3) is 0 Å². The first-order chi connectivity index (χ1) is 8.26. The van der Waals surface area contributed by atoms with E-state index in [1.807, 2.05) is 6.07 Å². The number of aliphatic hydroxyl groups is 2. The number of hydrogen-bond acceptors (Lipinski definition) is 5. The smallest absolute Gasteiger partial charge is 0.137 e. The number of nitrogens with one attached hydrogen (secondary N) is 1. The van der Waals surface area contributed by atoms with E-state index in [0.29, 0.717) is 5.75 Å². The Labute approximate surface area is 101 Å². The van der Waals surface area contributed by atoms with Crippen molar-refractivity contribution < 1.29 is 14.9 Å². The minimum Gasteiger partial charge on any atom is -0.489 e. The Bertz CT molecular complexity index is 303. The molecule has 5 heteroatoms. The molecule has 1 unspecified atom stereocenters. The first-order valence-electron chi connectivity index (χ1n) is 5.83. The van der Waals surface area contributed by atoms with E-state index in [2.05, 4.69) is 17.2 Å². The summed E-state index contributed by atoms with van der Waals surface area (Å²) in [6, 6.07) is 3.68. The van der Waals surface area contributed by atoms with Crippen LogP contribution >= 0.6 is 0 Å². The highest BCUT2D eigenvalue weighted by molar-refractivity contribution is 5.19. The van der Waals surface area contributed by atoms with Crippen LogP contribution < -0.4 is 10.1 Å². The van der Waals surface area contributed by atoms with Crippen LogP contribution in [-0.2, 0) is 6.54 Å². The molecule has 0 saturated heterocycles. The summed E-state index contributed by atoms with van der Waals surface area (Å²) in [5.74, 6) is 0.594. The fourth-order valence-corrected chi connectivity index (χ4v) is 1.24. The van der Waals surface area contributed by atoms with Crippen LogP contribution in [-0.4, -0.2) is 41.1 Å². The summed E-state index contributed by atoms with van der Waals surface area (Å²) in [7, 11) is 0. The topological polar surface area (TPSA) is 74.6 Å². The third kappa shape index (κ3) is 5.63. The Kier molecular flexibility index (Phi) is 6.54. The van der Waals surface area contributed by atoms with Crippen LogP contribution in [0.4, 0.5) is 0 Å². The standard InChI is InChI=1S/C12H20N2O3/c1-2-5-13-6-10-3-4-12(7-14-10)17-9-11(16)8-15/h3-4,7,11,13,15-16H,2,5-6,8-9H2,1H3. The predicted octanol–water partition coefficient (Wildman–Crippen LogP) is 0.313. The molecule has 96 valence electrons. The molecule has 0 amide bonds. The van der Waals surface area contributed by atoms with E-state index in [1.54, 1.807) is 12.3 Å². The highest BCUT2D eigenvalue weighted by Crippen LogP contribution is 2.09. The molecule has 1 rings (SSSR count). The molecule has 0 aliphatic rings. The van der Waals surface area contributed by atoms with Crippen molar-refractivity contribution in [1.82, 2.24) is 10.3 Å². The van der Waals surface area contributed by atoms with Crippen LogP contribution in [0.1, 0.15) is 19.0 Å². The largest absolute Gasteiger partial charge is 0.489 e. The maximum atomic E-state index is 9.11. The average Bonchev–Trinajstić information content (AvgIpc) is 2.37. The monoisotopic (exact) mass is 240 g/mol. The van der Waals surface area contributed by atoms with Crippen molar-refractivity contribution in [2.24, 2.45) is 0 Å². The molecule has 1 aromatic heterocycles. The lowest BCUT2D eigenvalue weighted by atomic mass is 10.3. The van der Waals surface area contributed by atoms with Crippen molar-refractivity contribution in [3.63, 3.8) is 0 Å². The maximum absolute atomic E-state index is 9.11. The molecule has 0 aliphatic heterocycles. The van der Waals surface area contributed by atoms with Gasteiger partial charge >= 0.3 is 0 Å². The van der Waals surface area contributed by atoms with Gasteiger partial charge in [0.15, 0.2) is 0 Å². The summed E-state index contributed by atoms with van der Waals surface area (Å²) in [6.07, 6.45) is 1.87. The molecule has 0 aliphatic carbocycles. The van der Waals surface area contributed by atoms with Crippen molar-refractivity contribution in [3.05, 3.63) is 24.0 Å². The number of pyridine rings is 1. The highest BCUT2D eigenvalue weighted by Gasteiger charge is 2.03. The SMILES string of the molecule is CCCNCc1ccc(OCC(O)CO)cn1. The zero-order valence-corrected chi connectivity index (χ0v) is 10.1.